The van der Waals surface area contributed by atoms with Gasteiger partial charge in [-0.2, -0.15) is 0 Å². The highest BCUT2D eigenvalue weighted by Gasteiger charge is 2.19. The van der Waals surface area contributed by atoms with Gasteiger partial charge in [-0.3, -0.25) is 9.59 Å². The molecule has 1 aromatic heterocycles. The summed E-state index contributed by atoms with van der Waals surface area (Å²) in [4.78, 5) is 24.8. The van der Waals surface area contributed by atoms with Crippen LogP contribution in [0.15, 0.2) is 59.0 Å². The smallest absolute Gasteiger partial charge is 0.257 e. The standard InChI is InChI=1S/C20H17N3O3/c1-12-6-8-14(26-12)11-21-19(24)13-7-9-17-18(10-13)23-20(25)15-4-2-3-5-16(15)22-17/h2-10,22H,11H2,1H3,(H,21,24)(H,23,25). The fourth-order valence-electron chi connectivity index (χ4n) is 2.87. The molecule has 0 saturated heterocycles. The van der Waals surface area contributed by atoms with Crippen molar-refractivity contribution in [2.45, 2.75) is 13.5 Å². The lowest BCUT2D eigenvalue weighted by Gasteiger charge is -2.10. The van der Waals surface area contributed by atoms with Crippen molar-refractivity contribution in [3.05, 3.63) is 77.2 Å². The number of nitrogens with one attached hydrogen (secondary N) is 3. The molecule has 6 nitrogen and oxygen atoms in total. The molecule has 0 atom stereocenters. The summed E-state index contributed by atoms with van der Waals surface area (Å²) in [5, 5.41) is 8.89. The molecule has 26 heavy (non-hydrogen) atoms. The summed E-state index contributed by atoms with van der Waals surface area (Å²) in [6.45, 7) is 2.16. The number of aryl methyl sites for hydroxylation is 1. The molecule has 6 heteroatoms. The van der Waals surface area contributed by atoms with Gasteiger partial charge in [0.1, 0.15) is 11.5 Å². The van der Waals surface area contributed by atoms with E-state index in [1.54, 1.807) is 24.3 Å². The maximum atomic E-state index is 12.4. The Kier molecular flexibility index (Phi) is 3.93. The minimum atomic E-state index is -0.238. The molecule has 1 aliphatic rings. The molecule has 3 aromatic rings. The summed E-state index contributed by atoms with van der Waals surface area (Å²) in [5.74, 6) is 1.04. The minimum Gasteiger partial charge on any atom is -0.465 e. The Labute approximate surface area is 150 Å². The van der Waals surface area contributed by atoms with Crippen LogP contribution in [0.25, 0.3) is 0 Å². The summed E-state index contributed by atoms with van der Waals surface area (Å²) in [7, 11) is 0. The molecule has 2 amide bonds. The predicted octanol–water partition coefficient (Wildman–Crippen LogP) is 3.83. The largest absolute Gasteiger partial charge is 0.465 e. The number of rotatable bonds is 3. The number of benzene rings is 2. The molecule has 4 rings (SSSR count). The van der Waals surface area contributed by atoms with Crippen LogP contribution in [0.3, 0.4) is 0 Å². The highest BCUT2D eigenvalue weighted by molar-refractivity contribution is 6.12. The zero-order chi connectivity index (χ0) is 18.1. The van der Waals surface area contributed by atoms with E-state index in [4.69, 9.17) is 4.42 Å². The Bertz CT molecular complexity index is 1010. The molecule has 0 spiro atoms. The number of carbonyl (C=O) groups is 2. The first-order valence-corrected chi connectivity index (χ1v) is 8.25. The van der Waals surface area contributed by atoms with Crippen LogP contribution in [0.2, 0.25) is 0 Å². The van der Waals surface area contributed by atoms with Gasteiger partial charge < -0.3 is 20.4 Å². The van der Waals surface area contributed by atoms with E-state index in [9.17, 15) is 9.59 Å². The summed E-state index contributed by atoms with van der Waals surface area (Å²) in [6, 6.07) is 16.1. The molecule has 0 bridgehead atoms. The zero-order valence-electron chi connectivity index (χ0n) is 14.1. The lowest BCUT2D eigenvalue weighted by molar-refractivity contribution is 0.0946. The van der Waals surface area contributed by atoms with E-state index in [0.29, 0.717) is 29.1 Å². The average molecular weight is 347 g/mol. The number of fused-ring (bicyclic) bond motifs is 2. The lowest BCUT2D eigenvalue weighted by atomic mass is 10.1. The molecule has 0 unspecified atom stereocenters. The maximum absolute atomic E-state index is 12.4. The van der Waals surface area contributed by atoms with E-state index in [2.05, 4.69) is 16.0 Å². The van der Waals surface area contributed by atoms with Gasteiger partial charge in [0.2, 0.25) is 0 Å². The van der Waals surface area contributed by atoms with Crippen molar-refractivity contribution in [3.8, 4) is 0 Å². The predicted molar refractivity (Wildman–Crippen MR) is 98.7 cm³/mol. The second kappa shape index (κ2) is 6.40. The van der Waals surface area contributed by atoms with Crippen LogP contribution in [0.5, 0.6) is 0 Å². The Hall–Kier alpha value is -3.54. The summed E-state index contributed by atoms with van der Waals surface area (Å²) < 4.78 is 5.45. The zero-order valence-corrected chi connectivity index (χ0v) is 14.1. The molecule has 0 radical (unpaired) electrons. The number of amides is 2. The van der Waals surface area contributed by atoms with E-state index >= 15 is 0 Å². The van der Waals surface area contributed by atoms with Gasteiger partial charge in [0.05, 0.1) is 29.2 Å². The van der Waals surface area contributed by atoms with Crippen LogP contribution in [0, 0.1) is 6.92 Å². The number of hydrogen-bond acceptors (Lipinski definition) is 4. The highest BCUT2D eigenvalue weighted by Crippen LogP contribution is 2.32. The van der Waals surface area contributed by atoms with E-state index in [-0.39, 0.29) is 11.8 Å². The molecule has 0 saturated carbocycles. The summed E-state index contributed by atoms with van der Waals surface area (Å²) >= 11 is 0. The first kappa shape index (κ1) is 16.0. The molecular formula is C20H17N3O3. The van der Waals surface area contributed by atoms with Crippen LogP contribution < -0.4 is 16.0 Å². The van der Waals surface area contributed by atoms with Crippen LogP contribution >= 0.6 is 0 Å². The second-order valence-corrected chi connectivity index (χ2v) is 6.08. The molecule has 2 heterocycles. The van der Waals surface area contributed by atoms with Gasteiger partial charge in [-0.15, -0.1) is 0 Å². The third-order valence-electron chi connectivity index (χ3n) is 4.19. The van der Waals surface area contributed by atoms with Crippen molar-refractivity contribution in [2.75, 3.05) is 10.6 Å². The number of hydrogen-bond donors (Lipinski definition) is 3. The number of carbonyl (C=O) groups excluding carboxylic acids is 2. The highest BCUT2D eigenvalue weighted by atomic mass is 16.3. The molecule has 1 aliphatic heterocycles. The molecule has 130 valence electrons. The third-order valence-corrected chi connectivity index (χ3v) is 4.19. The monoisotopic (exact) mass is 347 g/mol. The van der Waals surface area contributed by atoms with Crippen LogP contribution in [0.4, 0.5) is 17.1 Å². The first-order valence-electron chi connectivity index (χ1n) is 8.25. The van der Waals surface area contributed by atoms with Gasteiger partial charge in [-0.05, 0) is 49.4 Å². The second-order valence-electron chi connectivity index (χ2n) is 6.08. The van der Waals surface area contributed by atoms with Crippen molar-refractivity contribution >= 4 is 28.9 Å². The van der Waals surface area contributed by atoms with Crippen LogP contribution in [-0.4, -0.2) is 11.8 Å². The molecular weight excluding hydrogens is 330 g/mol. The van der Waals surface area contributed by atoms with E-state index in [1.165, 1.54) is 0 Å². The summed E-state index contributed by atoms with van der Waals surface area (Å²) in [6.07, 6.45) is 0. The minimum absolute atomic E-state index is 0.213. The third kappa shape index (κ3) is 3.04. The lowest BCUT2D eigenvalue weighted by Crippen LogP contribution is -2.22. The van der Waals surface area contributed by atoms with Crippen molar-refractivity contribution in [2.24, 2.45) is 0 Å². The van der Waals surface area contributed by atoms with Crippen molar-refractivity contribution < 1.29 is 14.0 Å². The Morgan fingerprint density at radius 1 is 1.00 bits per heavy atom. The fourth-order valence-corrected chi connectivity index (χ4v) is 2.87. The molecule has 2 aromatic carbocycles. The van der Waals surface area contributed by atoms with Gasteiger partial charge in [-0.25, -0.2) is 0 Å². The van der Waals surface area contributed by atoms with E-state index < -0.39 is 0 Å². The molecule has 0 aliphatic carbocycles. The molecule has 3 N–H and O–H groups in total. The SMILES string of the molecule is Cc1ccc(CNC(=O)c2ccc3c(c2)NC(=O)c2ccccc2N3)o1. The maximum Gasteiger partial charge on any atom is 0.257 e. The van der Waals surface area contributed by atoms with Gasteiger partial charge in [0.15, 0.2) is 0 Å². The first-order chi connectivity index (χ1) is 12.6. The Morgan fingerprint density at radius 2 is 1.85 bits per heavy atom. The van der Waals surface area contributed by atoms with Crippen LogP contribution in [0.1, 0.15) is 32.2 Å². The normalized spacial score (nSPS) is 12.3. The molecule has 0 fully saturated rings. The van der Waals surface area contributed by atoms with Crippen molar-refractivity contribution in [1.82, 2.24) is 5.32 Å². The van der Waals surface area contributed by atoms with Crippen LogP contribution in [-0.2, 0) is 6.54 Å². The fraction of sp³-hybridized carbons (Fsp3) is 0.100. The van der Waals surface area contributed by atoms with Gasteiger partial charge in [0.25, 0.3) is 11.8 Å². The van der Waals surface area contributed by atoms with Crippen molar-refractivity contribution in [1.29, 1.82) is 0 Å². The van der Waals surface area contributed by atoms with E-state index in [0.717, 1.165) is 17.1 Å². The average Bonchev–Trinajstić information content (AvgIpc) is 3.00. The van der Waals surface area contributed by atoms with E-state index in [1.807, 2.05) is 37.3 Å². The van der Waals surface area contributed by atoms with Gasteiger partial charge >= 0.3 is 0 Å². The Morgan fingerprint density at radius 3 is 2.65 bits per heavy atom. The van der Waals surface area contributed by atoms with Gasteiger partial charge in [-0.1, -0.05) is 12.1 Å². The summed E-state index contributed by atoms with van der Waals surface area (Å²) in [5.41, 5.74) is 3.05. The quantitative estimate of drug-likeness (QED) is 0.672. The number of anilines is 3. The number of para-hydroxylation sites is 1. The topological polar surface area (TPSA) is 83.4 Å². The number of furan rings is 1. The van der Waals surface area contributed by atoms with Gasteiger partial charge in [0, 0.05) is 5.56 Å². The Balaban J connectivity index is 1.55. The van der Waals surface area contributed by atoms with Crippen molar-refractivity contribution in [3.63, 3.8) is 0 Å².